The third-order valence-corrected chi connectivity index (χ3v) is 6.45. The summed E-state index contributed by atoms with van der Waals surface area (Å²) in [6, 6.07) is 16.9. The lowest BCUT2D eigenvalue weighted by Gasteiger charge is -2.29. The first-order chi connectivity index (χ1) is 12.6. The van der Waals surface area contributed by atoms with Crippen LogP contribution in [-0.2, 0) is 0 Å². The lowest BCUT2D eigenvalue weighted by Crippen LogP contribution is -2.21. The summed E-state index contributed by atoms with van der Waals surface area (Å²) >= 11 is 3.49. The van der Waals surface area contributed by atoms with Gasteiger partial charge in [0.1, 0.15) is 5.75 Å². The van der Waals surface area contributed by atoms with Gasteiger partial charge in [-0.1, -0.05) is 73.3 Å². The highest BCUT2D eigenvalue weighted by atomic mass is 79.9. The maximum atomic E-state index is 6.09. The molecule has 1 unspecified atom stereocenters. The minimum absolute atomic E-state index is 0.731. The second kappa shape index (κ2) is 9.60. The van der Waals surface area contributed by atoms with Gasteiger partial charge >= 0.3 is 0 Å². The molecule has 1 aliphatic carbocycles. The molecule has 2 aromatic carbocycles. The Kier molecular flexibility index (Phi) is 7.19. The molecule has 0 radical (unpaired) electrons. The second-order valence-corrected chi connectivity index (χ2v) is 8.89. The van der Waals surface area contributed by atoms with Crippen LogP contribution >= 0.6 is 15.9 Å². The minimum atomic E-state index is 0.731. The van der Waals surface area contributed by atoms with Gasteiger partial charge in [0.25, 0.3) is 0 Å². The molecule has 1 nitrogen and oxygen atoms in total. The smallest absolute Gasteiger partial charge is 0.119 e. The van der Waals surface area contributed by atoms with Crippen molar-refractivity contribution in [3.8, 4) is 16.9 Å². The van der Waals surface area contributed by atoms with Crippen molar-refractivity contribution in [1.29, 1.82) is 0 Å². The molecule has 0 aromatic heterocycles. The van der Waals surface area contributed by atoms with E-state index in [0.29, 0.717) is 0 Å². The normalized spacial score (nSPS) is 21.3. The van der Waals surface area contributed by atoms with Crippen molar-refractivity contribution >= 4 is 15.9 Å². The highest BCUT2D eigenvalue weighted by Crippen LogP contribution is 2.34. The first-order valence-electron chi connectivity index (χ1n) is 10.1. The maximum absolute atomic E-state index is 6.09. The molecule has 26 heavy (non-hydrogen) atoms. The van der Waals surface area contributed by atoms with Crippen molar-refractivity contribution in [2.24, 2.45) is 17.8 Å². The van der Waals surface area contributed by atoms with Gasteiger partial charge in [-0.25, -0.2) is 0 Å². The first kappa shape index (κ1) is 19.5. The highest BCUT2D eigenvalue weighted by Gasteiger charge is 2.22. The van der Waals surface area contributed by atoms with Crippen LogP contribution in [0.15, 0.2) is 53.0 Å². The zero-order chi connectivity index (χ0) is 18.4. The minimum Gasteiger partial charge on any atom is -0.493 e. The van der Waals surface area contributed by atoms with E-state index < -0.39 is 0 Å². The summed E-state index contributed by atoms with van der Waals surface area (Å²) in [5, 5.41) is 0. The molecule has 0 amide bonds. The van der Waals surface area contributed by atoms with Gasteiger partial charge in [0, 0.05) is 4.47 Å². The van der Waals surface area contributed by atoms with Gasteiger partial charge in [-0.2, -0.15) is 0 Å². The summed E-state index contributed by atoms with van der Waals surface area (Å²) in [6.07, 6.45) is 8.18. The van der Waals surface area contributed by atoms with Crippen LogP contribution in [0.5, 0.6) is 5.75 Å². The van der Waals surface area contributed by atoms with Crippen LogP contribution in [0, 0.1) is 17.8 Å². The number of benzene rings is 2. The molecule has 1 atom stereocenters. The van der Waals surface area contributed by atoms with E-state index in [4.69, 9.17) is 4.74 Å². The Hall–Kier alpha value is -1.28. The van der Waals surface area contributed by atoms with Gasteiger partial charge in [0.15, 0.2) is 0 Å². The van der Waals surface area contributed by atoms with Crippen molar-refractivity contribution in [2.75, 3.05) is 6.61 Å². The van der Waals surface area contributed by atoms with Crippen LogP contribution in [0.3, 0.4) is 0 Å². The first-order valence-corrected chi connectivity index (χ1v) is 10.9. The summed E-state index contributed by atoms with van der Waals surface area (Å²) < 4.78 is 7.20. The van der Waals surface area contributed by atoms with E-state index in [1.807, 2.05) is 0 Å². The van der Waals surface area contributed by atoms with Crippen molar-refractivity contribution < 1.29 is 4.74 Å². The Morgan fingerprint density at radius 2 is 1.42 bits per heavy atom. The quantitative estimate of drug-likeness (QED) is 0.449. The topological polar surface area (TPSA) is 9.23 Å². The molecule has 0 spiro atoms. The zero-order valence-electron chi connectivity index (χ0n) is 16.1. The maximum Gasteiger partial charge on any atom is 0.119 e. The predicted molar refractivity (Wildman–Crippen MR) is 115 cm³/mol. The zero-order valence-corrected chi connectivity index (χ0v) is 17.7. The number of hydrogen-bond acceptors (Lipinski definition) is 1. The third kappa shape index (κ3) is 5.61. The van der Waals surface area contributed by atoms with E-state index in [1.165, 1.54) is 49.7 Å². The SMILES string of the molecule is CCC(C)CC1CCC(COc2ccc(-c3ccc(Br)cc3)cc2)CC1. The fourth-order valence-electron chi connectivity index (χ4n) is 3.97. The van der Waals surface area contributed by atoms with Crippen LogP contribution in [0.4, 0.5) is 0 Å². The largest absolute Gasteiger partial charge is 0.493 e. The molecule has 2 heteroatoms. The Morgan fingerprint density at radius 1 is 0.885 bits per heavy atom. The number of rotatable bonds is 7. The molecule has 0 bridgehead atoms. The molecule has 1 saturated carbocycles. The molecule has 0 N–H and O–H groups in total. The average molecular weight is 415 g/mol. The van der Waals surface area contributed by atoms with Crippen molar-refractivity contribution in [3.05, 3.63) is 53.0 Å². The molecular formula is C24H31BrO. The fourth-order valence-corrected chi connectivity index (χ4v) is 4.23. The Bertz CT molecular complexity index is 654. The molecule has 1 aliphatic rings. The predicted octanol–water partition coefficient (Wildman–Crippen LogP) is 7.74. The molecule has 3 rings (SSSR count). The molecule has 0 aliphatic heterocycles. The Balaban J connectivity index is 1.45. The van der Waals surface area contributed by atoms with Gasteiger partial charge in [-0.05, 0) is 72.4 Å². The molecule has 2 aromatic rings. The van der Waals surface area contributed by atoms with Crippen molar-refractivity contribution in [3.63, 3.8) is 0 Å². The number of halogens is 1. The van der Waals surface area contributed by atoms with Gasteiger partial charge in [0.2, 0.25) is 0 Å². The Morgan fingerprint density at radius 3 is 2.00 bits per heavy atom. The lowest BCUT2D eigenvalue weighted by atomic mass is 9.78. The van der Waals surface area contributed by atoms with Crippen molar-refractivity contribution in [2.45, 2.75) is 52.4 Å². The average Bonchev–Trinajstić information content (AvgIpc) is 2.68. The third-order valence-electron chi connectivity index (χ3n) is 5.92. The second-order valence-electron chi connectivity index (χ2n) is 7.98. The van der Waals surface area contributed by atoms with Crippen LogP contribution < -0.4 is 4.74 Å². The standard InChI is InChI=1S/C24H31BrO/c1-3-18(2)16-19-4-6-20(7-5-19)17-26-24-14-10-22(11-15-24)21-8-12-23(25)13-9-21/h8-15,18-20H,3-7,16-17H2,1-2H3. The number of ether oxygens (including phenoxy) is 1. The van der Waals surface area contributed by atoms with E-state index in [2.05, 4.69) is 78.3 Å². The summed E-state index contributed by atoms with van der Waals surface area (Å²) in [5.41, 5.74) is 2.47. The fraction of sp³-hybridized carbons (Fsp3) is 0.500. The molecule has 0 saturated heterocycles. The summed E-state index contributed by atoms with van der Waals surface area (Å²) in [6.45, 7) is 5.58. The van der Waals surface area contributed by atoms with Crippen LogP contribution in [-0.4, -0.2) is 6.61 Å². The van der Waals surface area contributed by atoms with Gasteiger partial charge in [-0.15, -0.1) is 0 Å². The monoisotopic (exact) mass is 414 g/mol. The molecular weight excluding hydrogens is 384 g/mol. The van der Waals surface area contributed by atoms with Gasteiger partial charge < -0.3 is 4.74 Å². The van der Waals surface area contributed by atoms with E-state index in [-0.39, 0.29) is 0 Å². The van der Waals surface area contributed by atoms with Crippen molar-refractivity contribution in [1.82, 2.24) is 0 Å². The number of hydrogen-bond donors (Lipinski definition) is 0. The van der Waals surface area contributed by atoms with Gasteiger partial charge in [-0.3, -0.25) is 0 Å². The molecule has 1 fully saturated rings. The van der Waals surface area contributed by atoms with E-state index in [1.54, 1.807) is 0 Å². The Labute approximate surface area is 167 Å². The summed E-state index contributed by atoms with van der Waals surface area (Å²) in [7, 11) is 0. The highest BCUT2D eigenvalue weighted by molar-refractivity contribution is 9.10. The van der Waals surface area contributed by atoms with Crippen LogP contribution in [0.2, 0.25) is 0 Å². The lowest BCUT2D eigenvalue weighted by molar-refractivity contribution is 0.171. The summed E-state index contributed by atoms with van der Waals surface area (Å²) in [5.74, 6) is 3.56. The van der Waals surface area contributed by atoms with Crippen LogP contribution in [0.1, 0.15) is 52.4 Å². The summed E-state index contributed by atoms with van der Waals surface area (Å²) in [4.78, 5) is 0. The molecule has 0 heterocycles. The van der Waals surface area contributed by atoms with Crippen LogP contribution in [0.25, 0.3) is 11.1 Å². The molecule has 140 valence electrons. The van der Waals surface area contributed by atoms with E-state index in [9.17, 15) is 0 Å². The van der Waals surface area contributed by atoms with Gasteiger partial charge in [0.05, 0.1) is 6.61 Å². The van der Waals surface area contributed by atoms with E-state index in [0.717, 1.165) is 34.6 Å². The van der Waals surface area contributed by atoms with E-state index >= 15 is 0 Å².